The third kappa shape index (κ3) is 5.48. The number of nitrogens with zero attached hydrogens (tertiary/aromatic N) is 2. The van der Waals surface area contributed by atoms with Crippen LogP contribution in [0.2, 0.25) is 0 Å². The highest BCUT2D eigenvalue weighted by Gasteiger charge is 2.56. The number of ether oxygens (including phenoxy) is 1. The molecule has 0 radical (unpaired) electrons. The van der Waals surface area contributed by atoms with Crippen molar-refractivity contribution in [3.63, 3.8) is 0 Å². The van der Waals surface area contributed by atoms with E-state index in [0.717, 1.165) is 0 Å². The molecule has 9 heteroatoms. The van der Waals surface area contributed by atoms with Gasteiger partial charge in [-0.15, -0.1) is 0 Å². The molecule has 1 aromatic heterocycles. The van der Waals surface area contributed by atoms with Crippen molar-refractivity contribution in [1.29, 1.82) is 0 Å². The molecule has 2 aromatic carbocycles. The highest BCUT2D eigenvalue weighted by atomic mass is 19.4. The summed E-state index contributed by atoms with van der Waals surface area (Å²) in [6, 6.07) is 12.0. The van der Waals surface area contributed by atoms with Gasteiger partial charge in [-0.2, -0.15) is 13.2 Å². The van der Waals surface area contributed by atoms with E-state index in [1.807, 2.05) is 0 Å². The first-order valence-corrected chi connectivity index (χ1v) is 11.9. The van der Waals surface area contributed by atoms with E-state index in [0.29, 0.717) is 49.5 Å². The Morgan fingerprint density at radius 3 is 2.39 bits per heavy atom. The summed E-state index contributed by atoms with van der Waals surface area (Å²) in [6.45, 7) is 5.23. The number of para-hydroxylation sites is 1. The minimum absolute atomic E-state index is 0.265. The predicted molar refractivity (Wildman–Crippen MR) is 129 cm³/mol. The molecule has 194 valence electrons. The molecule has 5 nitrogen and oxygen atoms in total. The van der Waals surface area contributed by atoms with Crippen LogP contribution < -0.4 is 5.43 Å². The van der Waals surface area contributed by atoms with Crippen LogP contribution in [0.5, 0.6) is 0 Å². The van der Waals surface area contributed by atoms with Gasteiger partial charge in [0.1, 0.15) is 5.82 Å². The summed E-state index contributed by atoms with van der Waals surface area (Å²) in [5.41, 5.74) is -3.54. The molecule has 1 unspecified atom stereocenters. The van der Waals surface area contributed by atoms with E-state index in [-0.39, 0.29) is 10.8 Å². The topological polar surface area (TPSA) is 54.7 Å². The maximum absolute atomic E-state index is 15.0. The molecule has 4 rings (SSSR count). The fraction of sp³-hybridized carbons (Fsp3) is 0.444. The average molecular weight is 507 g/mol. The van der Waals surface area contributed by atoms with E-state index in [1.54, 1.807) is 44.2 Å². The van der Waals surface area contributed by atoms with Crippen LogP contribution in [-0.4, -0.2) is 52.7 Å². The maximum atomic E-state index is 15.0. The number of rotatable bonds is 7. The zero-order valence-electron chi connectivity index (χ0n) is 20.3. The maximum Gasteiger partial charge on any atom is 0.418 e. The van der Waals surface area contributed by atoms with Crippen LogP contribution in [0, 0.1) is 5.82 Å². The molecule has 1 N–H and O–H groups in total. The van der Waals surface area contributed by atoms with Gasteiger partial charge in [0.25, 0.3) is 0 Å². The lowest BCUT2D eigenvalue weighted by molar-refractivity contribution is -0.271. The Morgan fingerprint density at radius 2 is 1.72 bits per heavy atom. The molecule has 1 atom stereocenters. The average Bonchev–Trinajstić information content (AvgIpc) is 2.82. The van der Waals surface area contributed by atoms with Crippen LogP contribution in [0.25, 0.3) is 10.9 Å². The molecule has 3 aromatic rings. The largest absolute Gasteiger partial charge is 0.418 e. The Hall–Kier alpha value is -2.75. The summed E-state index contributed by atoms with van der Waals surface area (Å²) in [7, 11) is 0. The number of hydrogen-bond donors (Lipinski definition) is 1. The van der Waals surface area contributed by atoms with Gasteiger partial charge in [0.15, 0.2) is 11.0 Å². The Balaban J connectivity index is 1.62. The monoisotopic (exact) mass is 506 g/mol. The van der Waals surface area contributed by atoms with Crippen LogP contribution >= 0.6 is 0 Å². The second kappa shape index (κ2) is 9.95. The molecule has 36 heavy (non-hydrogen) atoms. The van der Waals surface area contributed by atoms with Gasteiger partial charge in [0.2, 0.25) is 0 Å². The summed E-state index contributed by atoms with van der Waals surface area (Å²) in [5.74, 6) is -0.492. The van der Waals surface area contributed by atoms with Gasteiger partial charge in [-0.25, -0.2) is 4.39 Å². The van der Waals surface area contributed by atoms with Gasteiger partial charge in [-0.3, -0.25) is 9.69 Å². The summed E-state index contributed by atoms with van der Waals surface area (Å²) in [5, 5.41) is 11.3. The van der Waals surface area contributed by atoms with E-state index in [9.17, 15) is 27.5 Å². The second-order valence-corrected chi connectivity index (χ2v) is 10.1. The summed E-state index contributed by atoms with van der Waals surface area (Å²) >= 11 is 0. The zero-order chi connectivity index (χ0) is 26.1. The zero-order valence-corrected chi connectivity index (χ0v) is 20.3. The van der Waals surface area contributed by atoms with Crippen LogP contribution in [0.15, 0.2) is 59.5 Å². The number of pyridine rings is 1. The predicted octanol–water partition coefficient (Wildman–Crippen LogP) is 4.63. The lowest BCUT2D eigenvalue weighted by Crippen LogP contribution is -2.52. The number of aliphatic hydroxyl groups is 1. The molecule has 0 amide bonds. The Kier molecular flexibility index (Phi) is 7.28. The third-order valence-corrected chi connectivity index (χ3v) is 6.91. The van der Waals surface area contributed by atoms with Gasteiger partial charge in [-0.05, 0) is 35.6 Å². The van der Waals surface area contributed by atoms with E-state index >= 15 is 0 Å². The molecule has 1 fully saturated rings. The summed E-state index contributed by atoms with van der Waals surface area (Å²) in [6.07, 6.45) is -4.41. The van der Waals surface area contributed by atoms with E-state index in [2.05, 4.69) is 4.90 Å². The number of alkyl halides is 3. The van der Waals surface area contributed by atoms with Crippen molar-refractivity contribution in [1.82, 2.24) is 9.47 Å². The summed E-state index contributed by atoms with van der Waals surface area (Å²) < 4.78 is 64.4. The molecule has 0 spiro atoms. The van der Waals surface area contributed by atoms with Gasteiger partial charge in [0, 0.05) is 42.8 Å². The highest BCUT2D eigenvalue weighted by molar-refractivity contribution is 5.78. The van der Waals surface area contributed by atoms with Crippen molar-refractivity contribution in [2.75, 3.05) is 26.3 Å². The fourth-order valence-corrected chi connectivity index (χ4v) is 4.86. The fourth-order valence-electron chi connectivity index (χ4n) is 4.86. The van der Waals surface area contributed by atoms with E-state index in [1.165, 1.54) is 29.0 Å². The first-order valence-electron chi connectivity index (χ1n) is 11.9. The molecule has 2 heterocycles. The van der Waals surface area contributed by atoms with Crippen molar-refractivity contribution in [2.45, 2.75) is 50.6 Å². The van der Waals surface area contributed by atoms with Crippen LogP contribution in [0.4, 0.5) is 17.6 Å². The molecule has 1 aliphatic heterocycles. The SMILES string of the molecule is CC(C)(CC(O)(Cn1ccc(=O)c2ccccc21)C(F)(F)F)c1ccc(CN2CCOCC2)c(F)c1. The smallest absolute Gasteiger partial charge is 0.379 e. The number of benzene rings is 2. The number of halogens is 4. The highest BCUT2D eigenvalue weighted by Crippen LogP contribution is 2.42. The normalized spacial score (nSPS) is 17.3. The number of aromatic nitrogens is 1. The Bertz CT molecular complexity index is 1280. The molecule has 0 aliphatic carbocycles. The summed E-state index contributed by atoms with van der Waals surface area (Å²) in [4.78, 5) is 14.2. The number of morpholine rings is 1. The van der Waals surface area contributed by atoms with Crippen LogP contribution in [-0.2, 0) is 23.2 Å². The molecular formula is C27H30F4N2O3. The Morgan fingerprint density at radius 1 is 1.03 bits per heavy atom. The van der Waals surface area contributed by atoms with E-state index in [4.69, 9.17) is 4.74 Å². The quantitative estimate of drug-likeness (QED) is 0.475. The molecule has 1 saturated heterocycles. The molecule has 0 saturated carbocycles. The van der Waals surface area contributed by atoms with Crippen LogP contribution in [0.3, 0.4) is 0 Å². The van der Waals surface area contributed by atoms with Crippen molar-refractivity contribution >= 4 is 10.9 Å². The van der Waals surface area contributed by atoms with Crippen molar-refractivity contribution in [2.24, 2.45) is 0 Å². The lowest BCUT2D eigenvalue weighted by atomic mass is 9.74. The van der Waals surface area contributed by atoms with E-state index < -0.39 is 36.0 Å². The minimum atomic E-state index is -4.97. The van der Waals surface area contributed by atoms with Crippen LogP contribution in [0.1, 0.15) is 31.4 Å². The standard InChI is InChI=1S/C27H30F4N2O3/c1-25(2,20-8-7-19(22(28)15-20)16-32-11-13-36-14-12-32)17-26(35,27(29,30)31)18-33-10-9-24(34)21-5-3-4-6-23(21)33/h3-10,15,35H,11-14,16-18H2,1-2H3. The molecular weight excluding hydrogens is 476 g/mol. The third-order valence-electron chi connectivity index (χ3n) is 6.91. The Labute approximate surface area is 206 Å². The van der Waals surface area contributed by atoms with Crippen molar-refractivity contribution < 1.29 is 27.4 Å². The second-order valence-electron chi connectivity index (χ2n) is 10.1. The minimum Gasteiger partial charge on any atom is -0.379 e. The molecule has 1 aliphatic rings. The van der Waals surface area contributed by atoms with Gasteiger partial charge < -0.3 is 14.4 Å². The van der Waals surface area contributed by atoms with Gasteiger partial charge >= 0.3 is 6.18 Å². The van der Waals surface area contributed by atoms with Crippen molar-refractivity contribution in [3.05, 3.63) is 81.9 Å². The van der Waals surface area contributed by atoms with Gasteiger partial charge in [-0.1, -0.05) is 38.1 Å². The number of hydrogen-bond acceptors (Lipinski definition) is 4. The van der Waals surface area contributed by atoms with Crippen molar-refractivity contribution in [3.8, 4) is 0 Å². The lowest BCUT2D eigenvalue weighted by Gasteiger charge is -2.38. The van der Waals surface area contributed by atoms with Gasteiger partial charge in [0.05, 0.1) is 25.3 Å². The number of fused-ring (bicyclic) bond motifs is 1. The first kappa shape index (κ1) is 26.3. The molecule has 0 bridgehead atoms. The first-order chi connectivity index (χ1) is 16.9.